The largest absolute Gasteiger partial charge is 0.506 e. The topological polar surface area (TPSA) is 91.9 Å². The Bertz CT molecular complexity index is 743. The SMILES string of the molecule is N#Cc1cccnc1Oc1cccnc1.Oc1cccnc1. The molecule has 3 rings (SSSR count). The van der Waals surface area contributed by atoms with Gasteiger partial charge < -0.3 is 9.84 Å². The minimum absolute atomic E-state index is 0.211. The smallest absolute Gasteiger partial charge is 0.237 e. The Morgan fingerprint density at radius 3 is 2.23 bits per heavy atom. The fourth-order valence-corrected chi connectivity index (χ4v) is 1.43. The zero-order chi connectivity index (χ0) is 15.6. The molecule has 22 heavy (non-hydrogen) atoms. The molecule has 1 N–H and O–H groups in total. The van der Waals surface area contributed by atoms with E-state index in [-0.39, 0.29) is 5.75 Å². The van der Waals surface area contributed by atoms with Gasteiger partial charge in [-0.1, -0.05) is 0 Å². The maximum absolute atomic E-state index is 8.81. The van der Waals surface area contributed by atoms with Crippen molar-refractivity contribution in [3.8, 4) is 23.4 Å². The molecule has 0 atom stereocenters. The fourth-order valence-electron chi connectivity index (χ4n) is 1.43. The van der Waals surface area contributed by atoms with Crippen LogP contribution < -0.4 is 4.74 Å². The summed E-state index contributed by atoms with van der Waals surface area (Å²) in [6.07, 6.45) is 7.79. The standard InChI is InChI=1S/C11H7N3O.C5H5NO/c12-7-9-3-1-6-14-11(9)15-10-4-2-5-13-8-10;7-5-2-1-3-6-4-5/h1-6,8H;1-4,7H. The van der Waals surface area contributed by atoms with Crippen LogP contribution in [0.5, 0.6) is 17.4 Å². The second kappa shape index (κ2) is 7.97. The monoisotopic (exact) mass is 292 g/mol. The number of rotatable bonds is 2. The summed E-state index contributed by atoms with van der Waals surface area (Å²) in [6, 6.07) is 12.1. The lowest BCUT2D eigenvalue weighted by Gasteiger charge is -2.04. The number of pyridine rings is 3. The summed E-state index contributed by atoms with van der Waals surface area (Å²) in [7, 11) is 0. The molecule has 6 heteroatoms. The van der Waals surface area contributed by atoms with Crippen molar-refractivity contribution in [2.45, 2.75) is 0 Å². The molecule has 0 aliphatic heterocycles. The van der Waals surface area contributed by atoms with Crippen LogP contribution in [-0.2, 0) is 0 Å². The van der Waals surface area contributed by atoms with E-state index in [1.165, 1.54) is 6.20 Å². The zero-order valence-corrected chi connectivity index (χ0v) is 11.5. The van der Waals surface area contributed by atoms with Crippen molar-refractivity contribution in [3.63, 3.8) is 0 Å². The highest BCUT2D eigenvalue weighted by molar-refractivity contribution is 5.39. The van der Waals surface area contributed by atoms with Gasteiger partial charge in [0.1, 0.15) is 23.1 Å². The molecule has 0 aromatic carbocycles. The fraction of sp³-hybridized carbons (Fsp3) is 0. The van der Waals surface area contributed by atoms with E-state index in [0.717, 1.165) is 0 Å². The molecule has 0 aliphatic carbocycles. The van der Waals surface area contributed by atoms with Crippen LogP contribution in [-0.4, -0.2) is 20.1 Å². The van der Waals surface area contributed by atoms with E-state index in [1.807, 2.05) is 6.07 Å². The number of aromatic nitrogens is 3. The third kappa shape index (κ3) is 4.58. The number of aromatic hydroxyl groups is 1. The van der Waals surface area contributed by atoms with Gasteiger partial charge in [-0.25, -0.2) is 4.98 Å². The third-order valence-electron chi connectivity index (χ3n) is 2.39. The molecule has 3 aromatic heterocycles. The second-order valence-corrected chi connectivity index (χ2v) is 3.97. The average Bonchev–Trinajstić information content (AvgIpc) is 2.58. The number of hydrogen-bond acceptors (Lipinski definition) is 6. The zero-order valence-electron chi connectivity index (χ0n) is 11.5. The minimum atomic E-state index is 0.211. The van der Waals surface area contributed by atoms with Crippen molar-refractivity contribution in [2.75, 3.05) is 0 Å². The van der Waals surface area contributed by atoms with E-state index in [9.17, 15) is 0 Å². The average molecular weight is 292 g/mol. The first-order valence-electron chi connectivity index (χ1n) is 6.31. The van der Waals surface area contributed by atoms with Gasteiger partial charge in [0.15, 0.2) is 0 Å². The Hall–Kier alpha value is -3.46. The lowest BCUT2D eigenvalue weighted by molar-refractivity contribution is 0.459. The van der Waals surface area contributed by atoms with Crippen molar-refractivity contribution < 1.29 is 9.84 Å². The van der Waals surface area contributed by atoms with Crippen LogP contribution in [0.1, 0.15) is 5.56 Å². The Morgan fingerprint density at radius 2 is 1.68 bits per heavy atom. The molecule has 0 aliphatic rings. The minimum Gasteiger partial charge on any atom is -0.506 e. The first-order valence-corrected chi connectivity index (χ1v) is 6.31. The van der Waals surface area contributed by atoms with Crippen LogP contribution in [0, 0.1) is 11.3 Å². The summed E-state index contributed by atoms with van der Waals surface area (Å²) in [4.78, 5) is 11.5. The van der Waals surface area contributed by atoms with Crippen LogP contribution in [0.15, 0.2) is 67.4 Å². The van der Waals surface area contributed by atoms with Gasteiger partial charge in [-0.2, -0.15) is 5.26 Å². The first-order chi connectivity index (χ1) is 10.8. The summed E-state index contributed by atoms with van der Waals surface area (Å²) in [5.74, 6) is 1.07. The molecule has 0 bridgehead atoms. The van der Waals surface area contributed by atoms with Gasteiger partial charge in [0.2, 0.25) is 5.88 Å². The highest BCUT2D eigenvalue weighted by Gasteiger charge is 2.04. The molecule has 0 saturated carbocycles. The molecule has 0 unspecified atom stereocenters. The lowest BCUT2D eigenvalue weighted by Crippen LogP contribution is -1.91. The predicted octanol–water partition coefficient (Wildman–Crippen LogP) is 2.93. The number of nitriles is 1. The number of ether oxygens (including phenoxy) is 1. The predicted molar refractivity (Wildman–Crippen MR) is 79.2 cm³/mol. The molecule has 0 spiro atoms. The second-order valence-electron chi connectivity index (χ2n) is 3.97. The summed E-state index contributed by atoms with van der Waals surface area (Å²) >= 11 is 0. The molecule has 0 amide bonds. The Labute approximate surface area is 127 Å². The maximum atomic E-state index is 8.81. The van der Waals surface area contributed by atoms with Crippen molar-refractivity contribution in [2.24, 2.45) is 0 Å². The van der Waals surface area contributed by atoms with E-state index in [1.54, 1.807) is 61.2 Å². The van der Waals surface area contributed by atoms with Crippen LogP contribution in [0.2, 0.25) is 0 Å². The van der Waals surface area contributed by atoms with Gasteiger partial charge in [-0.05, 0) is 36.4 Å². The Morgan fingerprint density at radius 1 is 0.955 bits per heavy atom. The number of hydrogen-bond donors (Lipinski definition) is 1. The molecule has 6 nitrogen and oxygen atoms in total. The highest BCUT2D eigenvalue weighted by Crippen LogP contribution is 2.20. The van der Waals surface area contributed by atoms with Gasteiger partial charge in [0.25, 0.3) is 0 Å². The van der Waals surface area contributed by atoms with E-state index < -0.39 is 0 Å². The molecule has 0 fully saturated rings. The van der Waals surface area contributed by atoms with Crippen LogP contribution >= 0.6 is 0 Å². The van der Waals surface area contributed by atoms with Crippen LogP contribution in [0.3, 0.4) is 0 Å². The van der Waals surface area contributed by atoms with E-state index >= 15 is 0 Å². The van der Waals surface area contributed by atoms with E-state index in [4.69, 9.17) is 15.1 Å². The highest BCUT2D eigenvalue weighted by atomic mass is 16.5. The molecule has 3 aromatic rings. The quantitative estimate of drug-likeness (QED) is 0.780. The maximum Gasteiger partial charge on any atom is 0.237 e. The Kier molecular flexibility index (Phi) is 5.41. The van der Waals surface area contributed by atoms with Crippen molar-refractivity contribution in [1.29, 1.82) is 5.26 Å². The van der Waals surface area contributed by atoms with Gasteiger partial charge in [0.05, 0.1) is 12.4 Å². The van der Waals surface area contributed by atoms with Gasteiger partial charge in [-0.15, -0.1) is 0 Å². The summed E-state index contributed by atoms with van der Waals surface area (Å²) in [5.41, 5.74) is 0.404. The molecule has 0 saturated heterocycles. The van der Waals surface area contributed by atoms with Gasteiger partial charge in [-0.3, -0.25) is 9.97 Å². The van der Waals surface area contributed by atoms with Gasteiger partial charge >= 0.3 is 0 Å². The molecule has 108 valence electrons. The van der Waals surface area contributed by atoms with Crippen molar-refractivity contribution in [1.82, 2.24) is 15.0 Å². The van der Waals surface area contributed by atoms with Crippen LogP contribution in [0.25, 0.3) is 0 Å². The summed E-state index contributed by atoms with van der Waals surface area (Å²) < 4.78 is 5.40. The lowest BCUT2D eigenvalue weighted by atomic mass is 10.3. The molecular weight excluding hydrogens is 280 g/mol. The van der Waals surface area contributed by atoms with Crippen molar-refractivity contribution in [3.05, 3.63) is 72.9 Å². The summed E-state index contributed by atoms with van der Waals surface area (Å²) in [6.45, 7) is 0. The molecule has 3 heterocycles. The first kappa shape index (κ1) is 14.9. The normalized spacial score (nSPS) is 9.05. The van der Waals surface area contributed by atoms with Crippen molar-refractivity contribution >= 4 is 0 Å². The molecular formula is C16H12N4O2. The number of nitrogens with zero attached hydrogens (tertiary/aromatic N) is 4. The van der Waals surface area contributed by atoms with Crippen LogP contribution in [0.4, 0.5) is 0 Å². The Balaban J connectivity index is 0.000000211. The van der Waals surface area contributed by atoms with E-state index in [2.05, 4.69) is 15.0 Å². The summed E-state index contributed by atoms with van der Waals surface area (Å²) in [5, 5.41) is 17.4. The van der Waals surface area contributed by atoms with E-state index in [0.29, 0.717) is 17.2 Å². The van der Waals surface area contributed by atoms with Gasteiger partial charge in [0, 0.05) is 18.6 Å². The molecule has 0 radical (unpaired) electrons. The third-order valence-corrected chi connectivity index (χ3v) is 2.39.